The normalized spacial score (nSPS) is 12.1. The highest BCUT2D eigenvalue weighted by molar-refractivity contribution is 7.81. The Bertz CT molecular complexity index is 163. The molecule has 2 unspecified atom stereocenters. The third-order valence-electron chi connectivity index (χ3n) is 0.815. The summed E-state index contributed by atoms with van der Waals surface area (Å²) in [6.45, 7) is 2.76. The van der Waals surface area contributed by atoms with Crippen molar-refractivity contribution < 1.29 is 30.0 Å². The van der Waals surface area contributed by atoms with Gasteiger partial charge in [-0.3, -0.25) is 9.59 Å². The van der Waals surface area contributed by atoms with E-state index in [0.717, 1.165) is 0 Å². The van der Waals surface area contributed by atoms with Crippen LogP contribution >= 0.6 is 25.3 Å². The van der Waals surface area contributed by atoms with E-state index in [0.29, 0.717) is 0 Å². The molecular weight excluding hydrogens is 256 g/mol. The van der Waals surface area contributed by atoms with Crippen molar-refractivity contribution in [2.24, 2.45) is 0 Å². The van der Waals surface area contributed by atoms with Crippen LogP contribution in [-0.4, -0.2) is 56.1 Å². The maximum atomic E-state index is 9.62. The number of thiol groups is 2. The Morgan fingerprint density at radius 3 is 1.06 bits per heavy atom. The lowest BCUT2D eigenvalue weighted by Gasteiger charge is -1.88. The fourth-order valence-corrected chi connectivity index (χ4v) is 0. The molecule has 0 aromatic carbocycles. The van der Waals surface area contributed by atoms with Crippen molar-refractivity contribution in [3.8, 4) is 0 Å². The molecule has 16 heavy (non-hydrogen) atoms. The number of aliphatic hydroxyl groups is 2. The van der Waals surface area contributed by atoms with E-state index in [-0.39, 0.29) is 13.2 Å². The fraction of sp³-hybridized carbons (Fsp3) is 0.750. The van der Waals surface area contributed by atoms with Gasteiger partial charge in [0.1, 0.15) is 0 Å². The Labute approximate surface area is 105 Å². The SMILES string of the molecule is CC(S)C(=O)O.CC(S)C(=O)O.OCCO. The number of hydrogen-bond acceptors (Lipinski definition) is 6. The van der Waals surface area contributed by atoms with Crippen LogP contribution in [0.1, 0.15) is 13.8 Å². The molecule has 6 nitrogen and oxygen atoms in total. The molecule has 0 fully saturated rings. The number of aliphatic carboxylic acids is 2. The van der Waals surface area contributed by atoms with E-state index < -0.39 is 22.4 Å². The Hall–Kier alpha value is -0.440. The molecule has 0 saturated heterocycles. The first kappa shape index (κ1) is 20.9. The summed E-state index contributed by atoms with van der Waals surface area (Å²) < 4.78 is 0. The fourth-order valence-electron chi connectivity index (χ4n) is 0. The minimum atomic E-state index is -0.877. The molecule has 0 rings (SSSR count). The van der Waals surface area contributed by atoms with Crippen molar-refractivity contribution in [3.63, 3.8) is 0 Å². The summed E-state index contributed by atoms with van der Waals surface area (Å²) in [5, 5.41) is 30.0. The molecule has 0 aromatic heterocycles. The summed E-state index contributed by atoms with van der Waals surface area (Å²) >= 11 is 7.19. The minimum absolute atomic E-state index is 0.125. The number of hydrogen-bond donors (Lipinski definition) is 6. The summed E-state index contributed by atoms with van der Waals surface area (Å²) in [5.41, 5.74) is 0. The molecule has 4 N–H and O–H groups in total. The summed E-state index contributed by atoms with van der Waals surface area (Å²) in [6, 6.07) is 0. The maximum absolute atomic E-state index is 9.62. The number of rotatable bonds is 3. The van der Waals surface area contributed by atoms with Gasteiger partial charge in [0.2, 0.25) is 0 Å². The summed E-state index contributed by atoms with van der Waals surface area (Å²) in [6.07, 6.45) is 0. The zero-order valence-corrected chi connectivity index (χ0v) is 10.9. The van der Waals surface area contributed by atoms with Gasteiger partial charge in [0.05, 0.1) is 23.7 Å². The first-order valence-corrected chi connectivity index (χ1v) is 5.27. The number of carbonyl (C=O) groups is 2. The zero-order chi connectivity index (χ0) is 13.7. The summed E-state index contributed by atoms with van der Waals surface area (Å²) in [7, 11) is 0. The molecule has 98 valence electrons. The molecular formula is C8H18O6S2. The van der Waals surface area contributed by atoms with Gasteiger partial charge in [0.25, 0.3) is 0 Å². The lowest BCUT2D eigenvalue weighted by molar-refractivity contribution is -0.137. The van der Waals surface area contributed by atoms with Crippen molar-refractivity contribution in [2.45, 2.75) is 24.3 Å². The largest absolute Gasteiger partial charge is 0.480 e. The van der Waals surface area contributed by atoms with Crippen LogP contribution in [0.3, 0.4) is 0 Å². The predicted octanol–water partition coefficient (Wildman–Crippen LogP) is -0.250. The van der Waals surface area contributed by atoms with Gasteiger partial charge >= 0.3 is 11.9 Å². The number of carboxylic acid groups (broad SMARTS) is 2. The lowest BCUT2D eigenvalue weighted by atomic mass is 10.5. The van der Waals surface area contributed by atoms with Crippen LogP contribution in [0.4, 0.5) is 0 Å². The van der Waals surface area contributed by atoms with Gasteiger partial charge in [0, 0.05) is 0 Å². The maximum Gasteiger partial charge on any atom is 0.316 e. The third-order valence-corrected chi connectivity index (χ3v) is 1.26. The molecule has 2 atom stereocenters. The van der Waals surface area contributed by atoms with Gasteiger partial charge in [-0.15, -0.1) is 0 Å². The second kappa shape index (κ2) is 14.6. The van der Waals surface area contributed by atoms with Gasteiger partial charge < -0.3 is 20.4 Å². The van der Waals surface area contributed by atoms with Crippen LogP contribution < -0.4 is 0 Å². The highest BCUT2D eigenvalue weighted by Crippen LogP contribution is 1.88. The van der Waals surface area contributed by atoms with Crippen LogP contribution in [0.5, 0.6) is 0 Å². The van der Waals surface area contributed by atoms with Crippen LogP contribution in [0, 0.1) is 0 Å². The molecule has 0 amide bonds. The van der Waals surface area contributed by atoms with Gasteiger partial charge in [-0.2, -0.15) is 25.3 Å². The van der Waals surface area contributed by atoms with Crippen LogP contribution in [-0.2, 0) is 9.59 Å². The van der Waals surface area contributed by atoms with Crippen LogP contribution in [0.2, 0.25) is 0 Å². The van der Waals surface area contributed by atoms with E-state index in [9.17, 15) is 9.59 Å². The molecule has 8 heteroatoms. The third kappa shape index (κ3) is 29.2. The Balaban J connectivity index is -0.000000162. The standard InChI is InChI=1S/2C3H6O2S.C2H6O2/c2*1-2(6)3(4)5;3-1-2-4/h2*2,6H,1H3,(H,4,5);3-4H,1-2H2. The van der Waals surface area contributed by atoms with Gasteiger partial charge in [-0.25, -0.2) is 0 Å². The molecule has 0 aromatic rings. The van der Waals surface area contributed by atoms with E-state index in [4.69, 9.17) is 20.4 Å². The molecule has 0 bridgehead atoms. The first-order chi connectivity index (χ1) is 7.20. The zero-order valence-electron chi connectivity index (χ0n) is 9.07. The molecule has 0 saturated carbocycles. The molecule has 0 spiro atoms. The van der Waals surface area contributed by atoms with E-state index in [1.165, 1.54) is 13.8 Å². The smallest absolute Gasteiger partial charge is 0.316 e. The van der Waals surface area contributed by atoms with Gasteiger partial charge in [0.15, 0.2) is 0 Å². The number of carboxylic acids is 2. The summed E-state index contributed by atoms with van der Waals surface area (Å²) in [4.78, 5) is 19.2. The average molecular weight is 274 g/mol. The van der Waals surface area contributed by atoms with E-state index in [1.807, 2.05) is 0 Å². The quantitative estimate of drug-likeness (QED) is 0.395. The van der Waals surface area contributed by atoms with Crippen molar-refractivity contribution in [3.05, 3.63) is 0 Å². The Kier molecular flexibility index (Phi) is 19.0. The van der Waals surface area contributed by atoms with Gasteiger partial charge in [-0.1, -0.05) is 0 Å². The first-order valence-electron chi connectivity index (χ1n) is 4.24. The molecule has 0 aliphatic rings. The highest BCUT2D eigenvalue weighted by Gasteiger charge is 2.00. The van der Waals surface area contributed by atoms with Crippen molar-refractivity contribution >= 4 is 37.2 Å². The van der Waals surface area contributed by atoms with E-state index in [2.05, 4.69) is 25.3 Å². The second-order valence-corrected chi connectivity index (χ2v) is 4.02. The van der Waals surface area contributed by atoms with Crippen LogP contribution in [0.15, 0.2) is 0 Å². The molecule has 0 aliphatic heterocycles. The number of aliphatic hydroxyl groups excluding tert-OH is 2. The van der Waals surface area contributed by atoms with Crippen molar-refractivity contribution in [1.29, 1.82) is 0 Å². The predicted molar refractivity (Wildman–Crippen MR) is 66.3 cm³/mol. The Morgan fingerprint density at radius 1 is 0.938 bits per heavy atom. The second-order valence-electron chi connectivity index (χ2n) is 2.48. The Morgan fingerprint density at radius 2 is 1.06 bits per heavy atom. The van der Waals surface area contributed by atoms with Crippen LogP contribution in [0.25, 0.3) is 0 Å². The lowest BCUT2D eigenvalue weighted by Crippen LogP contribution is -2.06. The summed E-state index contributed by atoms with van der Waals surface area (Å²) in [5.74, 6) is -1.75. The monoisotopic (exact) mass is 274 g/mol. The van der Waals surface area contributed by atoms with Crippen molar-refractivity contribution in [2.75, 3.05) is 13.2 Å². The van der Waals surface area contributed by atoms with E-state index >= 15 is 0 Å². The topological polar surface area (TPSA) is 115 Å². The van der Waals surface area contributed by atoms with E-state index in [1.54, 1.807) is 0 Å². The molecule has 0 radical (unpaired) electrons. The highest BCUT2D eigenvalue weighted by atomic mass is 32.1. The van der Waals surface area contributed by atoms with Gasteiger partial charge in [-0.05, 0) is 13.8 Å². The molecule has 0 aliphatic carbocycles. The minimum Gasteiger partial charge on any atom is -0.480 e. The molecule has 0 heterocycles. The van der Waals surface area contributed by atoms with Crippen molar-refractivity contribution in [1.82, 2.24) is 0 Å². The average Bonchev–Trinajstić information content (AvgIpc) is 2.18.